The summed E-state index contributed by atoms with van der Waals surface area (Å²) < 4.78 is 11.2. The standard InChI is InChI=1S/C17H28N2O3/c1-3-19(4-2)15(16-10-7-11-21-16)12-18-17(20)13-22-14-8-5-6-9-14/h7,10-11,14-15H,3-6,8-9,12-13H2,1-2H3,(H,18,20). The molecule has 1 saturated carbocycles. The highest BCUT2D eigenvalue weighted by atomic mass is 16.5. The number of nitrogens with one attached hydrogen (secondary N) is 1. The van der Waals surface area contributed by atoms with Crippen molar-refractivity contribution in [2.24, 2.45) is 0 Å². The molecule has 5 nitrogen and oxygen atoms in total. The number of amides is 1. The first-order chi connectivity index (χ1) is 10.7. The highest BCUT2D eigenvalue weighted by Crippen LogP contribution is 2.21. The van der Waals surface area contributed by atoms with Gasteiger partial charge in [0.2, 0.25) is 5.91 Å². The summed E-state index contributed by atoms with van der Waals surface area (Å²) in [7, 11) is 0. The average Bonchev–Trinajstić information content (AvgIpc) is 3.22. The van der Waals surface area contributed by atoms with Gasteiger partial charge < -0.3 is 14.5 Å². The van der Waals surface area contributed by atoms with Crippen molar-refractivity contribution in [1.29, 1.82) is 0 Å². The molecule has 1 aromatic rings. The van der Waals surface area contributed by atoms with Gasteiger partial charge in [-0.25, -0.2) is 0 Å². The molecule has 0 spiro atoms. The van der Waals surface area contributed by atoms with Gasteiger partial charge in [-0.3, -0.25) is 9.69 Å². The lowest BCUT2D eigenvalue weighted by Gasteiger charge is -2.28. The Morgan fingerprint density at radius 1 is 1.41 bits per heavy atom. The van der Waals surface area contributed by atoms with Gasteiger partial charge in [-0.15, -0.1) is 0 Å². The Hall–Kier alpha value is -1.33. The van der Waals surface area contributed by atoms with Crippen LogP contribution >= 0.6 is 0 Å². The van der Waals surface area contributed by atoms with Crippen molar-refractivity contribution in [2.75, 3.05) is 26.2 Å². The molecule has 0 aliphatic heterocycles. The zero-order chi connectivity index (χ0) is 15.8. The number of hydrogen-bond donors (Lipinski definition) is 1. The first-order valence-corrected chi connectivity index (χ1v) is 8.40. The average molecular weight is 308 g/mol. The smallest absolute Gasteiger partial charge is 0.246 e. The number of likely N-dealkylation sites (N-methyl/N-ethyl adjacent to an activating group) is 1. The van der Waals surface area contributed by atoms with Gasteiger partial charge in [0.25, 0.3) is 0 Å². The lowest BCUT2D eigenvalue weighted by atomic mass is 10.2. The summed E-state index contributed by atoms with van der Waals surface area (Å²) in [5, 5.41) is 2.98. The fourth-order valence-corrected chi connectivity index (χ4v) is 3.06. The molecule has 22 heavy (non-hydrogen) atoms. The summed E-state index contributed by atoms with van der Waals surface area (Å²) in [6.07, 6.45) is 6.55. The molecule has 1 N–H and O–H groups in total. The minimum atomic E-state index is -0.0457. The fourth-order valence-electron chi connectivity index (χ4n) is 3.06. The molecule has 0 saturated heterocycles. The number of rotatable bonds is 9. The summed E-state index contributed by atoms with van der Waals surface area (Å²) >= 11 is 0. The second-order valence-corrected chi connectivity index (χ2v) is 5.77. The van der Waals surface area contributed by atoms with Crippen LogP contribution in [0.3, 0.4) is 0 Å². The molecular weight excluding hydrogens is 280 g/mol. The van der Waals surface area contributed by atoms with Crippen LogP contribution in [0.1, 0.15) is 51.3 Å². The number of nitrogens with zero attached hydrogens (tertiary/aromatic N) is 1. The Morgan fingerprint density at radius 2 is 2.14 bits per heavy atom. The van der Waals surface area contributed by atoms with Gasteiger partial charge in [0.15, 0.2) is 0 Å². The molecule has 124 valence electrons. The molecule has 1 aliphatic rings. The Labute approximate surface area is 133 Å². The topological polar surface area (TPSA) is 54.7 Å². The molecule has 1 unspecified atom stereocenters. The Kier molecular flexibility index (Phi) is 6.93. The van der Waals surface area contributed by atoms with Crippen LogP contribution in [0.2, 0.25) is 0 Å². The van der Waals surface area contributed by atoms with E-state index in [1.807, 2.05) is 12.1 Å². The predicted molar refractivity (Wildman–Crippen MR) is 85.6 cm³/mol. The van der Waals surface area contributed by atoms with Crippen LogP contribution in [0, 0.1) is 0 Å². The van der Waals surface area contributed by atoms with Crippen LogP contribution in [0.15, 0.2) is 22.8 Å². The summed E-state index contributed by atoms with van der Waals surface area (Å²) in [6.45, 7) is 6.76. The lowest BCUT2D eigenvalue weighted by molar-refractivity contribution is -0.127. The molecule has 1 amide bonds. The fraction of sp³-hybridized carbons (Fsp3) is 0.706. The lowest BCUT2D eigenvalue weighted by Crippen LogP contribution is -2.39. The zero-order valence-corrected chi connectivity index (χ0v) is 13.7. The number of carbonyl (C=O) groups is 1. The third kappa shape index (κ3) is 4.85. The highest BCUT2D eigenvalue weighted by molar-refractivity contribution is 5.77. The van der Waals surface area contributed by atoms with Gasteiger partial charge >= 0.3 is 0 Å². The maximum atomic E-state index is 12.0. The summed E-state index contributed by atoms with van der Waals surface area (Å²) in [4.78, 5) is 14.3. The molecule has 1 heterocycles. The van der Waals surface area contributed by atoms with Crippen LogP contribution in [0.25, 0.3) is 0 Å². The van der Waals surface area contributed by atoms with Crippen molar-refractivity contribution < 1.29 is 13.9 Å². The SMILES string of the molecule is CCN(CC)C(CNC(=O)COC1CCCC1)c1ccco1. The Morgan fingerprint density at radius 3 is 2.73 bits per heavy atom. The van der Waals surface area contributed by atoms with Gasteiger partial charge in [-0.1, -0.05) is 26.7 Å². The summed E-state index contributed by atoms with van der Waals surface area (Å²) in [5.41, 5.74) is 0. The molecule has 1 aromatic heterocycles. The monoisotopic (exact) mass is 308 g/mol. The van der Waals surface area contributed by atoms with Crippen LogP contribution < -0.4 is 5.32 Å². The molecule has 5 heteroatoms. The van der Waals surface area contributed by atoms with Gasteiger partial charge in [0.05, 0.1) is 18.4 Å². The Balaban J connectivity index is 1.81. The van der Waals surface area contributed by atoms with E-state index in [1.54, 1.807) is 6.26 Å². The zero-order valence-electron chi connectivity index (χ0n) is 13.7. The van der Waals surface area contributed by atoms with Crippen molar-refractivity contribution in [3.05, 3.63) is 24.2 Å². The largest absolute Gasteiger partial charge is 0.468 e. The van der Waals surface area contributed by atoms with Crippen LogP contribution in [0.4, 0.5) is 0 Å². The molecule has 0 radical (unpaired) electrons. The van der Waals surface area contributed by atoms with E-state index in [9.17, 15) is 4.79 Å². The van der Waals surface area contributed by atoms with E-state index in [0.717, 1.165) is 31.7 Å². The number of ether oxygens (including phenoxy) is 1. The minimum Gasteiger partial charge on any atom is -0.468 e. The van der Waals surface area contributed by atoms with E-state index in [0.29, 0.717) is 6.54 Å². The third-order valence-electron chi connectivity index (χ3n) is 4.37. The predicted octanol–water partition coefficient (Wildman–Crippen LogP) is 2.74. The number of hydrogen-bond acceptors (Lipinski definition) is 4. The molecule has 1 fully saturated rings. The van der Waals surface area contributed by atoms with Crippen molar-refractivity contribution in [3.63, 3.8) is 0 Å². The quantitative estimate of drug-likeness (QED) is 0.762. The normalized spacial score (nSPS) is 17.0. The van der Waals surface area contributed by atoms with Crippen molar-refractivity contribution in [2.45, 2.75) is 51.7 Å². The van der Waals surface area contributed by atoms with Crippen molar-refractivity contribution >= 4 is 5.91 Å². The number of furan rings is 1. The molecule has 2 rings (SSSR count). The van der Waals surface area contributed by atoms with Crippen LogP contribution in [0.5, 0.6) is 0 Å². The van der Waals surface area contributed by atoms with Crippen molar-refractivity contribution in [3.8, 4) is 0 Å². The molecule has 0 aromatic carbocycles. The van der Waals surface area contributed by atoms with E-state index < -0.39 is 0 Å². The first kappa shape index (κ1) is 17.0. The maximum Gasteiger partial charge on any atom is 0.246 e. The van der Waals surface area contributed by atoms with E-state index >= 15 is 0 Å². The first-order valence-electron chi connectivity index (χ1n) is 8.40. The van der Waals surface area contributed by atoms with E-state index in [1.165, 1.54) is 12.8 Å². The van der Waals surface area contributed by atoms with Crippen molar-refractivity contribution in [1.82, 2.24) is 10.2 Å². The molecule has 0 bridgehead atoms. The second kappa shape index (κ2) is 8.96. The van der Waals surface area contributed by atoms with Crippen LogP contribution in [-0.4, -0.2) is 43.2 Å². The molecule has 1 atom stereocenters. The van der Waals surface area contributed by atoms with Gasteiger partial charge in [0.1, 0.15) is 12.4 Å². The summed E-state index contributed by atoms with van der Waals surface area (Å²) in [5.74, 6) is 0.844. The highest BCUT2D eigenvalue weighted by Gasteiger charge is 2.22. The number of carbonyl (C=O) groups excluding carboxylic acids is 1. The van der Waals surface area contributed by atoms with Crippen LogP contribution in [-0.2, 0) is 9.53 Å². The van der Waals surface area contributed by atoms with E-state index in [-0.39, 0.29) is 24.7 Å². The summed E-state index contributed by atoms with van der Waals surface area (Å²) in [6, 6.07) is 3.92. The van der Waals surface area contributed by atoms with Gasteiger partial charge in [0, 0.05) is 6.54 Å². The second-order valence-electron chi connectivity index (χ2n) is 5.77. The molecule has 1 aliphatic carbocycles. The van der Waals surface area contributed by atoms with Gasteiger partial charge in [-0.2, -0.15) is 0 Å². The van der Waals surface area contributed by atoms with Gasteiger partial charge in [-0.05, 0) is 38.1 Å². The Bertz CT molecular complexity index is 423. The minimum absolute atomic E-state index is 0.0457. The van der Waals surface area contributed by atoms with E-state index in [2.05, 4.69) is 24.1 Å². The third-order valence-corrected chi connectivity index (χ3v) is 4.37. The molecular formula is C17H28N2O3. The maximum absolute atomic E-state index is 12.0. The van der Waals surface area contributed by atoms with E-state index in [4.69, 9.17) is 9.15 Å².